The van der Waals surface area contributed by atoms with E-state index >= 15 is 0 Å². The lowest BCUT2D eigenvalue weighted by atomic mass is 10.1. The molecule has 1 aromatic rings. The second-order valence-corrected chi connectivity index (χ2v) is 5.66. The number of rotatable bonds is 5. The normalized spacial score (nSPS) is 12.7. The van der Waals surface area contributed by atoms with Gasteiger partial charge in [0.25, 0.3) is 0 Å². The Morgan fingerprint density at radius 3 is 2.05 bits per heavy atom. The number of nitrogens with one attached hydrogen (secondary N) is 1. The minimum Gasteiger partial charge on any atom is -0.504 e. The van der Waals surface area contributed by atoms with Gasteiger partial charge >= 0.3 is 10.4 Å². The van der Waals surface area contributed by atoms with Crippen LogP contribution >= 0.6 is 0 Å². The Balaban J connectivity index is 0.000000690. The van der Waals surface area contributed by atoms with E-state index in [-0.39, 0.29) is 11.5 Å². The van der Waals surface area contributed by atoms with Crippen molar-refractivity contribution in [3.05, 3.63) is 23.8 Å². The Labute approximate surface area is 123 Å². The first-order valence-corrected chi connectivity index (χ1v) is 7.51. The Bertz CT molecular complexity index is 522. The molecule has 9 heteroatoms. The van der Waals surface area contributed by atoms with Crippen LogP contribution in [0.4, 0.5) is 0 Å². The predicted molar refractivity (Wildman–Crippen MR) is 76.6 cm³/mol. The van der Waals surface area contributed by atoms with Crippen molar-refractivity contribution >= 4 is 10.4 Å². The maximum Gasteiger partial charge on any atom is 0.394 e. The molecular formula is C12H21NO7S. The van der Waals surface area contributed by atoms with Crippen LogP contribution in [0.5, 0.6) is 11.5 Å². The molecule has 0 radical (unpaired) electrons. The zero-order valence-electron chi connectivity index (χ0n) is 11.8. The quantitative estimate of drug-likeness (QED) is 0.343. The standard InChI is InChI=1S/C12H19NO3.H2O4S/c1-8(2)6-13-7-12(16)9-3-4-10(14)11(15)5-9;1-5(2,3)4/h3-5,8,12-16H,6-7H2,1-2H3;(H2,1,2,3,4). The molecule has 0 aliphatic carbocycles. The molecule has 8 nitrogen and oxygen atoms in total. The van der Waals surface area contributed by atoms with Crippen LogP contribution in [0.2, 0.25) is 0 Å². The van der Waals surface area contributed by atoms with E-state index in [0.29, 0.717) is 18.0 Å². The molecule has 0 amide bonds. The number of hydrogen-bond donors (Lipinski definition) is 6. The molecule has 0 aliphatic rings. The molecule has 122 valence electrons. The molecule has 0 aromatic heterocycles. The summed E-state index contributed by atoms with van der Waals surface area (Å²) in [5.74, 6) is 0.145. The van der Waals surface area contributed by atoms with Crippen LogP contribution in [0.15, 0.2) is 18.2 Å². The van der Waals surface area contributed by atoms with Gasteiger partial charge in [-0.15, -0.1) is 0 Å². The van der Waals surface area contributed by atoms with Crippen molar-refractivity contribution in [2.45, 2.75) is 20.0 Å². The van der Waals surface area contributed by atoms with Crippen LogP contribution in [0, 0.1) is 5.92 Å². The molecule has 0 fully saturated rings. The average Bonchev–Trinajstić information content (AvgIpc) is 2.30. The topological polar surface area (TPSA) is 147 Å². The molecule has 21 heavy (non-hydrogen) atoms. The predicted octanol–water partition coefficient (Wildman–Crippen LogP) is 0.724. The van der Waals surface area contributed by atoms with Crippen molar-refractivity contribution < 1.29 is 32.8 Å². The first-order valence-electron chi connectivity index (χ1n) is 6.11. The smallest absolute Gasteiger partial charge is 0.394 e. The van der Waals surface area contributed by atoms with Crippen molar-refractivity contribution in [1.29, 1.82) is 0 Å². The molecule has 1 aromatic carbocycles. The van der Waals surface area contributed by atoms with Crippen LogP contribution in [0.1, 0.15) is 25.5 Å². The van der Waals surface area contributed by atoms with Crippen LogP contribution < -0.4 is 5.32 Å². The highest BCUT2D eigenvalue weighted by molar-refractivity contribution is 7.79. The number of benzene rings is 1. The summed E-state index contributed by atoms with van der Waals surface area (Å²) in [6.45, 7) is 5.45. The van der Waals surface area contributed by atoms with E-state index in [0.717, 1.165) is 6.54 Å². The van der Waals surface area contributed by atoms with Gasteiger partial charge in [0, 0.05) is 6.54 Å². The SMILES string of the molecule is CC(C)CNCC(O)c1ccc(O)c(O)c1.O=S(=O)(O)O. The Hall–Kier alpha value is -1.39. The van der Waals surface area contributed by atoms with Gasteiger partial charge in [-0.2, -0.15) is 8.42 Å². The molecule has 1 unspecified atom stereocenters. The lowest BCUT2D eigenvalue weighted by molar-refractivity contribution is 0.173. The van der Waals surface area contributed by atoms with Crippen LogP contribution in [-0.4, -0.2) is 45.9 Å². The van der Waals surface area contributed by atoms with Gasteiger partial charge in [-0.25, -0.2) is 0 Å². The summed E-state index contributed by atoms with van der Waals surface area (Å²) < 4.78 is 31.6. The molecule has 0 aliphatic heterocycles. The molecule has 0 bridgehead atoms. The summed E-state index contributed by atoms with van der Waals surface area (Å²) in [5, 5.41) is 31.3. The summed E-state index contributed by atoms with van der Waals surface area (Å²) in [4.78, 5) is 0. The monoisotopic (exact) mass is 323 g/mol. The summed E-state index contributed by atoms with van der Waals surface area (Å²) in [5.41, 5.74) is 0.589. The minimum absolute atomic E-state index is 0.175. The average molecular weight is 323 g/mol. The molecule has 0 saturated heterocycles. The minimum atomic E-state index is -4.67. The maximum absolute atomic E-state index is 9.79. The van der Waals surface area contributed by atoms with Crippen molar-refractivity contribution in [2.75, 3.05) is 13.1 Å². The van der Waals surface area contributed by atoms with Crippen molar-refractivity contribution in [3.8, 4) is 11.5 Å². The number of phenols is 2. The Morgan fingerprint density at radius 2 is 1.62 bits per heavy atom. The lowest BCUT2D eigenvalue weighted by Crippen LogP contribution is -2.25. The van der Waals surface area contributed by atoms with Crippen LogP contribution in [0.3, 0.4) is 0 Å². The van der Waals surface area contributed by atoms with Crippen LogP contribution in [-0.2, 0) is 10.4 Å². The first kappa shape index (κ1) is 19.6. The lowest BCUT2D eigenvalue weighted by Gasteiger charge is -2.14. The molecular weight excluding hydrogens is 302 g/mol. The zero-order chi connectivity index (χ0) is 16.6. The summed E-state index contributed by atoms with van der Waals surface area (Å²) in [7, 11) is -4.67. The molecule has 0 spiro atoms. The number of aliphatic hydroxyl groups excluding tert-OH is 1. The van der Waals surface area contributed by atoms with Gasteiger partial charge in [0.2, 0.25) is 0 Å². The number of aromatic hydroxyl groups is 2. The highest BCUT2D eigenvalue weighted by atomic mass is 32.3. The van der Waals surface area contributed by atoms with Gasteiger partial charge in [0.15, 0.2) is 11.5 Å². The van der Waals surface area contributed by atoms with E-state index in [9.17, 15) is 10.2 Å². The zero-order valence-corrected chi connectivity index (χ0v) is 12.6. The first-order chi connectivity index (χ1) is 9.50. The van der Waals surface area contributed by atoms with E-state index < -0.39 is 16.5 Å². The molecule has 6 N–H and O–H groups in total. The number of hydrogen-bond acceptors (Lipinski definition) is 6. The van der Waals surface area contributed by atoms with Gasteiger partial charge in [0.05, 0.1) is 6.10 Å². The number of aliphatic hydroxyl groups is 1. The molecule has 1 rings (SSSR count). The van der Waals surface area contributed by atoms with Gasteiger partial charge < -0.3 is 20.6 Å². The van der Waals surface area contributed by atoms with Gasteiger partial charge in [0.1, 0.15) is 0 Å². The number of phenolic OH excluding ortho intramolecular Hbond substituents is 2. The van der Waals surface area contributed by atoms with Crippen molar-refractivity contribution in [3.63, 3.8) is 0 Å². The largest absolute Gasteiger partial charge is 0.504 e. The van der Waals surface area contributed by atoms with E-state index in [1.54, 1.807) is 6.07 Å². The van der Waals surface area contributed by atoms with Crippen LogP contribution in [0.25, 0.3) is 0 Å². The fraction of sp³-hybridized carbons (Fsp3) is 0.500. The van der Waals surface area contributed by atoms with E-state index in [4.69, 9.17) is 22.6 Å². The third-order valence-electron chi connectivity index (χ3n) is 2.27. The molecule has 1 atom stereocenters. The second kappa shape index (κ2) is 8.80. The van der Waals surface area contributed by atoms with Gasteiger partial charge in [-0.3, -0.25) is 9.11 Å². The van der Waals surface area contributed by atoms with E-state index in [1.807, 2.05) is 0 Å². The Kier molecular flexibility index (Phi) is 8.22. The Morgan fingerprint density at radius 1 is 1.10 bits per heavy atom. The highest BCUT2D eigenvalue weighted by Gasteiger charge is 2.09. The van der Waals surface area contributed by atoms with Crippen molar-refractivity contribution in [1.82, 2.24) is 5.32 Å². The third-order valence-corrected chi connectivity index (χ3v) is 2.27. The van der Waals surface area contributed by atoms with E-state index in [1.165, 1.54) is 12.1 Å². The highest BCUT2D eigenvalue weighted by Crippen LogP contribution is 2.27. The maximum atomic E-state index is 9.79. The summed E-state index contributed by atoms with van der Waals surface area (Å²) in [6.07, 6.45) is -0.676. The molecule has 0 saturated carbocycles. The third kappa shape index (κ3) is 11.0. The van der Waals surface area contributed by atoms with Crippen molar-refractivity contribution in [2.24, 2.45) is 5.92 Å². The van der Waals surface area contributed by atoms with E-state index in [2.05, 4.69) is 19.2 Å². The van der Waals surface area contributed by atoms with Gasteiger partial charge in [-0.1, -0.05) is 19.9 Å². The second-order valence-electron chi connectivity index (χ2n) is 4.76. The summed E-state index contributed by atoms with van der Waals surface area (Å²) in [6, 6.07) is 4.34. The van der Waals surface area contributed by atoms with Gasteiger partial charge in [-0.05, 0) is 30.2 Å². The summed E-state index contributed by atoms with van der Waals surface area (Å²) >= 11 is 0. The fourth-order valence-corrected chi connectivity index (χ4v) is 1.37. The fourth-order valence-electron chi connectivity index (χ4n) is 1.37. The molecule has 0 heterocycles.